The third-order valence-electron chi connectivity index (χ3n) is 3.71. The fourth-order valence-corrected chi connectivity index (χ4v) is 2.35. The van der Waals surface area contributed by atoms with Crippen LogP contribution in [0.5, 0.6) is 0 Å². The molecular formula is C14H16N2O3. The predicted octanol–water partition coefficient (Wildman–Crippen LogP) is 2.76. The van der Waals surface area contributed by atoms with Crippen molar-refractivity contribution in [3.05, 3.63) is 23.8 Å². The highest BCUT2D eigenvalue weighted by Crippen LogP contribution is 2.29. The lowest BCUT2D eigenvalue weighted by molar-refractivity contribution is 0.0697. The minimum Gasteiger partial charge on any atom is -0.478 e. The number of benzene rings is 1. The van der Waals surface area contributed by atoms with Crippen LogP contribution in [0.15, 0.2) is 22.6 Å². The summed E-state index contributed by atoms with van der Waals surface area (Å²) in [6, 6.07) is 5.31. The second-order valence-corrected chi connectivity index (χ2v) is 5.16. The van der Waals surface area contributed by atoms with Gasteiger partial charge in [0.15, 0.2) is 5.58 Å². The second-order valence-electron chi connectivity index (χ2n) is 5.16. The van der Waals surface area contributed by atoms with E-state index in [-0.39, 0.29) is 5.56 Å². The molecule has 0 bridgehead atoms. The van der Waals surface area contributed by atoms with E-state index >= 15 is 0 Å². The number of hydrogen-bond acceptors (Lipinski definition) is 4. The molecule has 0 amide bonds. The molecule has 0 saturated heterocycles. The van der Waals surface area contributed by atoms with Gasteiger partial charge in [-0.2, -0.15) is 4.98 Å². The Kier molecular flexibility index (Phi) is 2.89. The molecule has 100 valence electrons. The zero-order valence-corrected chi connectivity index (χ0v) is 10.8. The SMILES string of the molecule is CN(CC1CCC1)c1nc2ccc(C(=O)O)cc2o1. The molecule has 1 N–H and O–H groups in total. The van der Waals surface area contributed by atoms with E-state index in [1.54, 1.807) is 12.1 Å². The van der Waals surface area contributed by atoms with E-state index in [4.69, 9.17) is 9.52 Å². The summed E-state index contributed by atoms with van der Waals surface area (Å²) in [5.41, 5.74) is 1.44. The molecule has 3 rings (SSSR count). The highest BCUT2D eigenvalue weighted by Gasteiger charge is 2.21. The molecule has 0 unspecified atom stereocenters. The molecule has 19 heavy (non-hydrogen) atoms. The topological polar surface area (TPSA) is 66.6 Å². The van der Waals surface area contributed by atoms with E-state index in [1.807, 2.05) is 11.9 Å². The molecule has 1 saturated carbocycles. The maximum absolute atomic E-state index is 10.9. The van der Waals surface area contributed by atoms with Crippen molar-refractivity contribution in [2.45, 2.75) is 19.3 Å². The first kappa shape index (κ1) is 12.0. The molecule has 0 aliphatic heterocycles. The normalized spacial score (nSPS) is 15.4. The number of aromatic nitrogens is 1. The van der Waals surface area contributed by atoms with Gasteiger partial charge in [0, 0.05) is 13.6 Å². The number of fused-ring (bicyclic) bond motifs is 1. The number of carbonyl (C=O) groups is 1. The largest absolute Gasteiger partial charge is 0.478 e. The second kappa shape index (κ2) is 4.57. The van der Waals surface area contributed by atoms with Gasteiger partial charge in [0.25, 0.3) is 6.01 Å². The Morgan fingerprint density at radius 3 is 2.95 bits per heavy atom. The number of anilines is 1. The van der Waals surface area contributed by atoms with E-state index < -0.39 is 5.97 Å². The van der Waals surface area contributed by atoms with Gasteiger partial charge in [-0.3, -0.25) is 0 Å². The summed E-state index contributed by atoms with van der Waals surface area (Å²) in [7, 11) is 1.96. The van der Waals surface area contributed by atoms with E-state index in [0.29, 0.717) is 17.1 Å². The van der Waals surface area contributed by atoms with Gasteiger partial charge < -0.3 is 14.4 Å². The van der Waals surface area contributed by atoms with E-state index in [1.165, 1.54) is 25.3 Å². The summed E-state index contributed by atoms with van der Waals surface area (Å²) in [4.78, 5) is 17.3. The quantitative estimate of drug-likeness (QED) is 0.915. The highest BCUT2D eigenvalue weighted by molar-refractivity contribution is 5.92. The van der Waals surface area contributed by atoms with Gasteiger partial charge in [0.05, 0.1) is 5.56 Å². The first-order valence-electron chi connectivity index (χ1n) is 6.48. The summed E-state index contributed by atoms with van der Waals surface area (Å²) in [5.74, 6) is -0.225. The van der Waals surface area contributed by atoms with Crippen LogP contribution in [0.25, 0.3) is 11.1 Å². The molecule has 1 heterocycles. The third-order valence-corrected chi connectivity index (χ3v) is 3.71. The molecule has 1 fully saturated rings. The van der Waals surface area contributed by atoms with Crippen LogP contribution in [0.3, 0.4) is 0 Å². The first-order valence-corrected chi connectivity index (χ1v) is 6.48. The molecule has 5 nitrogen and oxygen atoms in total. The van der Waals surface area contributed by atoms with Crippen LogP contribution in [0, 0.1) is 5.92 Å². The molecule has 5 heteroatoms. The number of oxazole rings is 1. The van der Waals surface area contributed by atoms with Gasteiger partial charge in [-0.15, -0.1) is 0 Å². The maximum Gasteiger partial charge on any atom is 0.335 e. The fourth-order valence-electron chi connectivity index (χ4n) is 2.35. The van der Waals surface area contributed by atoms with Crippen molar-refractivity contribution in [3.63, 3.8) is 0 Å². The monoisotopic (exact) mass is 260 g/mol. The van der Waals surface area contributed by atoms with Crippen LogP contribution in [0.2, 0.25) is 0 Å². The fraction of sp³-hybridized carbons (Fsp3) is 0.429. The standard InChI is InChI=1S/C14H16N2O3/c1-16(8-9-3-2-4-9)14-15-11-6-5-10(13(17)18)7-12(11)19-14/h5-7,9H,2-4,8H2,1H3,(H,17,18). The predicted molar refractivity (Wildman–Crippen MR) is 71.6 cm³/mol. The van der Waals surface area contributed by atoms with Crippen molar-refractivity contribution < 1.29 is 14.3 Å². The van der Waals surface area contributed by atoms with Gasteiger partial charge in [0.1, 0.15) is 5.52 Å². The number of carboxylic acid groups (broad SMARTS) is 1. The smallest absolute Gasteiger partial charge is 0.335 e. The minimum absolute atomic E-state index is 0.219. The van der Waals surface area contributed by atoms with Gasteiger partial charge >= 0.3 is 5.97 Å². The average molecular weight is 260 g/mol. The van der Waals surface area contributed by atoms with Crippen LogP contribution in [0.4, 0.5) is 6.01 Å². The molecule has 1 aromatic heterocycles. The molecule has 0 radical (unpaired) electrons. The lowest BCUT2D eigenvalue weighted by Gasteiger charge is -2.29. The number of rotatable bonds is 4. The third kappa shape index (κ3) is 2.28. The Labute approximate surface area is 110 Å². The summed E-state index contributed by atoms with van der Waals surface area (Å²) >= 11 is 0. The van der Waals surface area contributed by atoms with Crippen molar-refractivity contribution in [2.75, 3.05) is 18.5 Å². The Bertz CT molecular complexity index is 616. The summed E-state index contributed by atoms with van der Waals surface area (Å²) in [6.07, 6.45) is 3.86. The highest BCUT2D eigenvalue weighted by atomic mass is 16.4. The van der Waals surface area contributed by atoms with E-state index in [2.05, 4.69) is 4.98 Å². The molecule has 0 atom stereocenters. The van der Waals surface area contributed by atoms with Crippen molar-refractivity contribution in [1.82, 2.24) is 4.98 Å². The number of carboxylic acids is 1. The first-order chi connectivity index (χ1) is 9.13. The van der Waals surface area contributed by atoms with Gasteiger partial charge in [0.2, 0.25) is 0 Å². The van der Waals surface area contributed by atoms with Crippen LogP contribution in [-0.2, 0) is 0 Å². The van der Waals surface area contributed by atoms with Gasteiger partial charge in [-0.05, 0) is 37.0 Å². The van der Waals surface area contributed by atoms with Crippen LogP contribution < -0.4 is 4.90 Å². The minimum atomic E-state index is -0.956. The van der Waals surface area contributed by atoms with Crippen molar-refractivity contribution >= 4 is 23.1 Å². The Morgan fingerprint density at radius 2 is 2.32 bits per heavy atom. The Hall–Kier alpha value is -2.04. The van der Waals surface area contributed by atoms with Crippen molar-refractivity contribution in [3.8, 4) is 0 Å². The molecule has 1 aliphatic carbocycles. The molecule has 1 aromatic carbocycles. The Morgan fingerprint density at radius 1 is 1.53 bits per heavy atom. The van der Waals surface area contributed by atoms with E-state index in [9.17, 15) is 4.79 Å². The van der Waals surface area contributed by atoms with Gasteiger partial charge in [-0.25, -0.2) is 4.79 Å². The molecule has 0 spiro atoms. The summed E-state index contributed by atoms with van der Waals surface area (Å²) in [6.45, 7) is 0.943. The molecule has 2 aromatic rings. The van der Waals surface area contributed by atoms with Crippen molar-refractivity contribution in [2.24, 2.45) is 5.92 Å². The van der Waals surface area contributed by atoms with Crippen molar-refractivity contribution in [1.29, 1.82) is 0 Å². The van der Waals surface area contributed by atoms with Gasteiger partial charge in [-0.1, -0.05) is 6.42 Å². The summed E-state index contributed by atoms with van der Waals surface area (Å²) in [5, 5.41) is 8.95. The number of nitrogens with zero attached hydrogens (tertiary/aromatic N) is 2. The van der Waals surface area contributed by atoms with Crippen LogP contribution in [0.1, 0.15) is 29.6 Å². The van der Waals surface area contributed by atoms with Crippen LogP contribution >= 0.6 is 0 Å². The maximum atomic E-state index is 10.9. The van der Waals surface area contributed by atoms with Crippen LogP contribution in [-0.4, -0.2) is 29.7 Å². The summed E-state index contributed by atoms with van der Waals surface area (Å²) < 4.78 is 5.64. The average Bonchev–Trinajstić information content (AvgIpc) is 2.76. The lowest BCUT2D eigenvalue weighted by atomic mass is 9.85. The molecular weight excluding hydrogens is 244 g/mol. The Balaban J connectivity index is 1.85. The zero-order valence-electron chi connectivity index (χ0n) is 10.8. The zero-order chi connectivity index (χ0) is 13.4. The number of aromatic carboxylic acids is 1. The lowest BCUT2D eigenvalue weighted by Crippen LogP contribution is -2.29. The molecule has 1 aliphatic rings. The van der Waals surface area contributed by atoms with E-state index in [0.717, 1.165) is 12.5 Å². The number of hydrogen-bond donors (Lipinski definition) is 1.